The van der Waals surface area contributed by atoms with Crippen LogP contribution in [0.1, 0.15) is 10.4 Å². The molecule has 1 heterocycles. The van der Waals surface area contributed by atoms with Crippen LogP contribution in [-0.2, 0) is 6.54 Å². The molecule has 0 saturated carbocycles. The molecule has 1 aromatic heterocycles. The molecule has 0 amide bonds. The molecule has 0 spiro atoms. The van der Waals surface area contributed by atoms with E-state index in [-0.39, 0.29) is 12.6 Å². The predicted molar refractivity (Wildman–Crippen MR) is 62.7 cm³/mol. The van der Waals surface area contributed by atoms with Gasteiger partial charge in [-0.3, -0.25) is 0 Å². The van der Waals surface area contributed by atoms with Crippen molar-refractivity contribution in [3.8, 4) is 0 Å². The van der Waals surface area contributed by atoms with Gasteiger partial charge in [-0.15, -0.1) is 11.3 Å². The van der Waals surface area contributed by atoms with Crippen molar-refractivity contribution in [2.75, 3.05) is 5.32 Å². The number of rotatable bonds is 3. The van der Waals surface area contributed by atoms with E-state index in [1.54, 1.807) is 0 Å². The van der Waals surface area contributed by atoms with Crippen LogP contribution in [0.3, 0.4) is 0 Å². The molecule has 0 aliphatic heterocycles. The first kappa shape index (κ1) is 12.9. The molecule has 1 aromatic carbocycles. The number of aryl methyl sites for hydroxylation is 1. The van der Waals surface area contributed by atoms with Crippen molar-refractivity contribution in [1.82, 2.24) is 0 Å². The van der Waals surface area contributed by atoms with Crippen molar-refractivity contribution in [2.45, 2.75) is 13.5 Å². The average Bonchev–Trinajstić information content (AvgIpc) is 2.73. The first-order valence-electron chi connectivity index (χ1n) is 5.10. The van der Waals surface area contributed by atoms with Gasteiger partial charge in [0.2, 0.25) is 0 Å². The standard InChI is InChI=1S/C12H9F4NS/c1-6-2-3-18-9(6)5-17-12-10(15)7(13)4-8(14)11(12)16/h2-4,17H,5H2,1H3. The van der Waals surface area contributed by atoms with E-state index in [9.17, 15) is 17.6 Å². The minimum atomic E-state index is -1.42. The number of anilines is 1. The Morgan fingerprint density at radius 1 is 1.11 bits per heavy atom. The van der Waals surface area contributed by atoms with E-state index in [1.165, 1.54) is 11.3 Å². The van der Waals surface area contributed by atoms with E-state index in [4.69, 9.17) is 0 Å². The summed E-state index contributed by atoms with van der Waals surface area (Å²) in [4.78, 5) is 0.846. The van der Waals surface area contributed by atoms with Crippen molar-refractivity contribution in [3.63, 3.8) is 0 Å². The average molecular weight is 275 g/mol. The maximum absolute atomic E-state index is 13.3. The highest BCUT2D eigenvalue weighted by atomic mass is 32.1. The van der Waals surface area contributed by atoms with E-state index < -0.39 is 29.0 Å². The topological polar surface area (TPSA) is 12.0 Å². The quantitative estimate of drug-likeness (QED) is 0.653. The second-order valence-corrected chi connectivity index (χ2v) is 4.72. The summed E-state index contributed by atoms with van der Waals surface area (Å²) in [5.74, 6) is -5.66. The number of hydrogen-bond donors (Lipinski definition) is 1. The summed E-state index contributed by atoms with van der Waals surface area (Å²) < 4.78 is 52.6. The summed E-state index contributed by atoms with van der Waals surface area (Å²) in [6.07, 6.45) is 0. The van der Waals surface area contributed by atoms with Crippen LogP contribution < -0.4 is 5.32 Å². The second kappa shape index (κ2) is 4.97. The van der Waals surface area contributed by atoms with Crippen LogP contribution in [-0.4, -0.2) is 0 Å². The minimum Gasteiger partial charge on any atom is -0.375 e. The Morgan fingerprint density at radius 3 is 2.22 bits per heavy atom. The summed E-state index contributed by atoms with van der Waals surface area (Å²) in [5, 5.41) is 4.21. The molecule has 6 heteroatoms. The molecule has 0 saturated heterocycles. The maximum atomic E-state index is 13.3. The van der Waals surface area contributed by atoms with Gasteiger partial charge in [0.05, 0.1) is 0 Å². The minimum absolute atomic E-state index is 0.111. The lowest BCUT2D eigenvalue weighted by Crippen LogP contribution is -2.07. The largest absolute Gasteiger partial charge is 0.375 e. The number of hydrogen-bond acceptors (Lipinski definition) is 2. The highest BCUT2D eigenvalue weighted by Crippen LogP contribution is 2.25. The predicted octanol–water partition coefficient (Wildman–Crippen LogP) is 4.23. The fourth-order valence-electron chi connectivity index (χ4n) is 1.48. The molecule has 0 fully saturated rings. The van der Waals surface area contributed by atoms with Gasteiger partial charge >= 0.3 is 0 Å². The van der Waals surface area contributed by atoms with Gasteiger partial charge in [-0.05, 0) is 23.9 Å². The first-order chi connectivity index (χ1) is 8.50. The molecule has 0 unspecified atom stereocenters. The van der Waals surface area contributed by atoms with Gasteiger partial charge in [-0.25, -0.2) is 17.6 Å². The number of thiophene rings is 1. The molecule has 0 radical (unpaired) electrons. The van der Waals surface area contributed by atoms with Crippen molar-refractivity contribution in [1.29, 1.82) is 0 Å². The molecular formula is C12H9F4NS. The fourth-order valence-corrected chi connectivity index (χ4v) is 2.33. The number of benzene rings is 1. The van der Waals surface area contributed by atoms with Crippen molar-refractivity contribution < 1.29 is 17.6 Å². The molecule has 96 valence electrons. The summed E-state index contributed by atoms with van der Waals surface area (Å²) in [7, 11) is 0. The summed E-state index contributed by atoms with van der Waals surface area (Å²) in [6.45, 7) is 1.95. The molecule has 0 aliphatic rings. The third kappa shape index (κ3) is 2.33. The normalized spacial score (nSPS) is 10.7. The monoisotopic (exact) mass is 275 g/mol. The van der Waals surface area contributed by atoms with Crippen molar-refractivity contribution in [2.24, 2.45) is 0 Å². The fraction of sp³-hybridized carbons (Fsp3) is 0.167. The molecule has 0 bridgehead atoms. The van der Waals surface area contributed by atoms with Crippen LogP contribution in [0.4, 0.5) is 23.2 Å². The smallest absolute Gasteiger partial charge is 0.185 e. The van der Waals surface area contributed by atoms with Gasteiger partial charge in [0.25, 0.3) is 0 Å². The van der Waals surface area contributed by atoms with Gasteiger partial charge in [0.1, 0.15) is 5.69 Å². The van der Waals surface area contributed by atoms with Crippen LogP contribution >= 0.6 is 11.3 Å². The highest BCUT2D eigenvalue weighted by molar-refractivity contribution is 7.10. The zero-order valence-corrected chi connectivity index (χ0v) is 10.2. The Morgan fingerprint density at radius 2 is 1.72 bits per heavy atom. The Bertz CT molecular complexity index is 553. The van der Waals surface area contributed by atoms with Crippen LogP contribution in [0.2, 0.25) is 0 Å². The molecule has 1 N–H and O–H groups in total. The second-order valence-electron chi connectivity index (χ2n) is 3.72. The Kier molecular flexibility index (Phi) is 3.56. The highest BCUT2D eigenvalue weighted by Gasteiger charge is 2.18. The lowest BCUT2D eigenvalue weighted by molar-refractivity contribution is 0.458. The zero-order chi connectivity index (χ0) is 13.3. The lowest BCUT2D eigenvalue weighted by Gasteiger charge is -2.09. The third-order valence-corrected chi connectivity index (χ3v) is 3.53. The van der Waals surface area contributed by atoms with Crippen LogP contribution in [0.25, 0.3) is 0 Å². The summed E-state index contributed by atoms with van der Waals surface area (Å²) in [5.41, 5.74) is 0.172. The Hall–Kier alpha value is -1.56. The third-order valence-electron chi connectivity index (χ3n) is 2.51. The van der Waals surface area contributed by atoms with E-state index in [1.807, 2.05) is 18.4 Å². The van der Waals surface area contributed by atoms with Crippen LogP contribution in [0, 0.1) is 30.2 Å². The van der Waals surface area contributed by atoms with Crippen LogP contribution in [0.5, 0.6) is 0 Å². The van der Waals surface area contributed by atoms with Crippen molar-refractivity contribution in [3.05, 3.63) is 51.2 Å². The first-order valence-corrected chi connectivity index (χ1v) is 5.98. The summed E-state index contributed by atoms with van der Waals surface area (Å²) in [6, 6.07) is 2.03. The van der Waals surface area contributed by atoms with Gasteiger partial charge in [0, 0.05) is 17.5 Å². The molecule has 0 aliphatic carbocycles. The summed E-state index contributed by atoms with van der Waals surface area (Å²) >= 11 is 1.39. The van der Waals surface area contributed by atoms with Gasteiger partial charge in [-0.2, -0.15) is 0 Å². The van der Waals surface area contributed by atoms with E-state index in [2.05, 4.69) is 5.32 Å². The molecule has 2 aromatic rings. The number of halogens is 4. The molecule has 1 nitrogen and oxygen atoms in total. The van der Waals surface area contributed by atoms with E-state index in [0.717, 1.165) is 10.4 Å². The lowest BCUT2D eigenvalue weighted by atomic mass is 10.2. The molecular weight excluding hydrogens is 266 g/mol. The van der Waals surface area contributed by atoms with E-state index in [0.29, 0.717) is 0 Å². The SMILES string of the molecule is Cc1ccsc1CNc1c(F)c(F)cc(F)c1F. The van der Waals surface area contributed by atoms with Gasteiger partial charge < -0.3 is 5.32 Å². The van der Waals surface area contributed by atoms with E-state index >= 15 is 0 Å². The molecule has 18 heavy (non-hydrogen) atoms. The van der Waals surface area contributed by atoms with Gasteiger partial charge in [0.15, 0.2) is 23.3 Å². The zero-order valence-electron chi connectivity index (χ0n) is 9.36. The molecule has 2 rings (SSSR count). The van der Waals surface area contributed by atoms with Gasteiger partial charge in [-0.1, -0.05) is 0 Å². The maximum Gasteiger partial charge on any atom is 0.185 e. The molecule has 0 atom stereocenters. The van der Waals surface area contributed by atoms with Crippen molar-refractivity contribution >= 4 is 17.0 Å². The van der Waals surface area contributed by atoms with Crippen LogP contribution in [0.15, 0.2) is 17.5 Å². The number of nitrogens with one attached hydrogen (secondary N) is 1. The Labute approximate surface area is 105 Å². The Balaban J connectivity index is 2.27.